The van der Waals surface area contributed by atoms with E-state index in [1.54, 1.807) is 0 Å². The van der Waals surface area contributed by atoms with Gasteiger partial charge in [-0.1, -0.05) is 29.8 Å². The molecule has 3 rings (SSSR count). The van der Waals surface area contributed by atoms with E-state index in [1.165, 1.54) is 19.1 Å². The fourth-order valence-electron chi connectivity index (χ4n) is 3.51. The number of carbonyl (C=O) groups excluding carboxylic acids is 2. The van der Waals surface area contributed by atoms with E-state index in [9.17, 15) is 22.4 Å². The zero-order chi connectivity index (χ0) is 21.5. The number of sulfonamides is 1. The van der Waals surface area contributed by atoms with Crippen LogP contribution in [0.25, 0.3) is 4.91 Å². The predicted octanol–water partition coefficient (Wildman–Crippen LogP) is 3.29. The Kier molecular flexibility index (Phi) is 5.32. The van der Waals surface area contributed by atoms with Crippen molar-refractivity contribution in [2.24, 2.45) is 0 Å². The number of amides is 2. The third-order valence-corrected chi connectivity index (χ3v) is 6.70. The Hall–Kier alpha value is -3.00. The minimum Gasteiger partial charge on any atom is -0.324 e. The highest BCUT2D eigenvalue weighted by atomic mass is 32.2. The quantitative estimate of drug-likeness (QED) is 0.829. The molecule has 1 heterocycles. The van der Waals surface area contributed by atoms with Crippen molar-refractivity contribution in [2.75, 3.05) is 11.9 Å². The zero-order valence-corrected chi connectivity index (χ0v) is 17.4. The first-order valence-electron chi connectivity index (χ1n) is 8.94. The van der Waals surface area contributed by atoms with Crippen molar-refractivity contribution in [3.63, 3.8) is 0 Å². The van der Waals surface area contributed by atoms with Crippen molar-refractivity contribution in [2.45, 2.75) is 27.7 Å². The number of halogens is 1. The fraction of sp³-hybridized carbons (Fsp3) is 0.238. The molecule has 0 unspecified atom stereocenters. The van der Waals surface area contributed by atoms with E-state index >= 15 is 0 Å². The summed E-state index contributed by atoms with van der Waals surface area (Å²) < 4.78 is 39.6. The van der Waals surface area contributed by atoms with Gasteiger partial charge in [-0.15, -0.1) is 0 Å². The Morgan fingerprint density at radius 1 is 1.03 bits per heavy atom. The second-order valence-electron chi connectivity index (χ2n) is 7.10. The summed E-state index contributed by atoms with van der Waals surface area (Å²) in [4.78, 5) is 24.9. The molecule has 0 saturated heterocycles. The third-order valence-electron chi connectivity index (χ3n) is 4.77. The van der Waals surface area contributed by atoms with Crippen LogP contribution in [-0.2, 0) is 19.6 Å². The second kappa shape index (κ2) is 7.44. The molecule has 0 aromatic heterocycles. The molecule has 1 aliphatic rings. The van der Waals surface area contributed by atoms with Crippen LogP contribution in [0.5, 0.6) is 0 Å². The third kappa shape index (κ3) is 3.80. The lowest BCUT2D eigenvalue weighted by atomic mass is 10.1. The molecule has 2 aromatic carbocycles. The van der Waals surface area contributed by atoms with Crippen molar-refractivity contribution in [3.05, 3.63) is 70.0 Å². The molecule has 8 heteroatoms. The van der Waals surface area contributed by atoms with Crippen LogP contribution in [0.3, 0.4) is 0 Å². The Balaban J connectivity index is 1.87. The molecule has 0 spiro atoms. The topological polar surface area (TPSA) is 83.6 Å². The van der Waals surface area contributed by atoms with Crippen LogP contribution >= 0.6 is 0 Å². The molecule has 0 bridgehead atoms. The van der Waals surface area contributed by atoms with Crippen LogP contribution in [0.15, 0.2) is 42.0 Å². The van der Waals surface area contributed by atoms with E-state index in [0.29, 0.717) is 9.99 Å². The van der Waals surface area contributed by atoms with Gasteiger partial charge in [0.25, 0.3) is 15.9 Å². The number of aryl methyl sites for hydroxylation is 3. The summed E-state index contributed by atoms with van der Waals surface area (Å²) in [7, 11) is -4.23. The number of benzene rings is 2. The number of carbonyl (C=O) groups is 2. The van der Waals surface area contributed by atoms with Gasteiger partial charge < -0.3 is 5.32 Å². The molecular weight excluding hydrogens is 395 g/mol. The Morgan fingerprint density at radius 3 is 2.14 bits per heavy atom. The Labute approximate surface area is 169 Å². The van der Waals surface area contributed by atoms with Crippen LogP contribution < -0.4 is 5.32 Å². The van der Waals surface area contributed by atoms with E-state index in [2.05, 4.69) is 5.32 Å². The minimum atomic E-state index is -4.23. The van der Waals surface area contributed by atoms with Crippen LogP contribution in [0, 0.1) is 26.6 Å². The van der Waals surface area contributed by atoms with Gasteiger partial charge in [-0.25, -0.2) is 17.1 Å². The van der Waals surface area contributed by atoms with E-state index in [1.807, 2.05) is 32.9 Å². The molecule has 152 valence electrons. The minimum absolute atomic E-state index is 0.00731. The largest absolute Gasteiger partial charge is 0.324 e. The van der Waals surface area contributed by atoms with Crippen LogP contribution in [-0.4, -0.2) is 31.1 Å². The first-order chi connectivity index (χ1) is 13.5. The lowest BCUT2D eigenvalue weighted by molar-refractivity contribution is -0.126. The molecule has 0 radical (unpaired) electrons. The number of nitrogens with zero attached hydrogens (tertiary/aromatic N) is 1. The number of anilines is 1. The molecular formula is C21H21FN2O4S. The van der Waals surface area contributed by atoms with E-state index < -0.39 is 34.2 Å². The van der Waals surface area contributed by atoms with E-state index in [0.717, 1.165) is 28.8 Å². The number of rotatable bonds is 4. The van der Waals surface area contributed by atoms with Crippen LogP contribution in [0.4, 0.5) is 10.1 Å². The molecule has 0 saturated carbocycles. The summed E-state index contributed by atoms with van der Waals surface area (Å²) in [6, 6.07) is 8.63. The maximum atomic E-state index is 13.2. The Bertz CT molecular complexity index is 1130. The van der Waals surface area contributed by atoms with Gasteiger partial charge in [0.1, 0.15) is 17.3 Å². The first-order valence-corrected chi connectivity index (χ1v) is 10.4. The Morgan fingerprint density at radius 2 is 1.59 bits per heavy atom. The number of nitrogens with one attached hydrogen (secondary N) is 1. The van der Waals surface area contributed by atoms with Gasteiger partial charge in [0.2, 0.25) is 5.91 Å². The van der Waals surface area contributed by atoms with Gasteiger partial charge in [0.05, 0.1) is 0 Å². The van der Waals surface area contributed by atoms with E-state index in [4.69, 9.17) is 0 Å². The SMILES string of the molecule is CC1=C(c2ccc(F)cc2)S(=O)(=O)N(CC(=O)Nc2c(C)cc(C)cc2C)C1=O. The van der Waals surface area contributed by atoms with Crippen LogP contribution in [0.1, 0.15) is 29.2 Å². The van der Waals surface area contributed by atoms with Gasteiger partial charge in [0, 0.05) is 11.3 Å². The average Bonchev–Trinajstić information content (AvgIpc) is 2.79. The summed E-state index contributed by atoms with van der Waals surface area (Å²) in [6.45, 7) is 6.35. The normalized spacial score (nSPS) is 15.8. The maximum absolute atomic E-state index is 13.2. The van der Waals surface area contributed by atoms with E-state index in [-0.39, 0.29) is 16.0 Å². The highest BCUT2D eigenvalue weighted by Crippen LogP contribution is 2.35. The molecule has 2 aromatic rings. The molecule has 0 aliphatic carbocycles. The van der Waals surface area contributed by atoms with Gasteiger partial charge in [0.15, 0.2) is 0 Å². The van der Waals surface area contributed by atoms with Gasteiger partial charge in [-0.2, -0.15) is 0 Å². The highest BCUT2D eigenvalue weighted by molar-refractivity contribution is 7.99. The standard InChI is InChI=1S/C21H21FN2O4S/c1-12-9-13(2)19(14(3)10-12)23-18(25)11-24-21(26)15(4)20(29(24,27)28)16-5-7-17(22)8-6-16/h5-10H,11H2,1-4H3,(H,23,25). The lowest BCUT2D eigenvalue weighted by Crippen LogP contribution is -2.38. The monoisotopic (exact) mass is 416 g/mol. The summed E-state index contributed by atoms with van der Waals surface area (Å²) in [5.74, 6) is -1.91. The number of hydrogen-bond acceptors (Lipinski definition) is 4. The van der Waals surface area contributed by atoms with Gasteiger partial charge in [-0.05, 0) is 56.5 Å². The van der Waals surface area contributed by atoms with Crippen molar-refractivity contribution in [3.8, 4) is 0 Å². The molecule has 29 heavy (non-hydrogen) atoms. The predicted molar refractivity (Wildman–Crippen MR) is 109 cm³/mol. The van der Waals surface area contributed by atoms with Crippen molar-refractivity contribution < 1.29 is 22.4 Å². The summed E-state index contributed by atoms with van der Waals surface area (Å²) in [5, 5.41) is 2.70. The summed E-state index contributed by atoms with van der Waals surface area (Å²) >= 11 is 0. The molecule has 2 amide bonds. The van der Waals surface area contributed by atoms with Crippen LogP contribution in [0.2, 0.25) is 0 Å². The smallest absolute Gasteiger partial charge is 0.268 e. The highest BCUT2D eigenvalue weighted by Gasteiger charge is 2.43. The van der Waals surface area contributed by atoms with Crippen molar-refractivity contribution in [1.82, 2.24) is 4.31 Å². The molecule has 1 aliphatic heterocycles. The second-order valence-corrected chi connectivity index (χ2v) is 8.90. The molecule has 0 fully saturated rings. The first kappa shape index (κ1) is 20.7. The molecule has 0 atom stereocenters. The average molecular weight is 416 g/mol. The zero-order valence-electron chi connectivity index (χ0n) is 16.5. The summed E-state index contributed by atoms with van der Waals surface area (Å²) in [5.41, 5.74) is 3.50. The van der Waals surface area contributed by atoms with Gasteiger partial charge >= 0.3 is 0 Å². The lowest BCUT2D eigenvalue weighted by Gasteiger charge is -2.18. The summed E-state index contributed by atoms with van der Waals surface area (Å²) in [6.07, 6.45) is 0. The molecule has 1 N–H and O–H groups in total. The van der Waals surface area contributed by atoms with Crippen molar-refractivity contribution >= 4 is 32.4 Å². The molecule has 6 nitrogen and oxygen atoms in total. The maximum Gasteiger partial charge on any atom is 0.268 e. The fourth-order valence-corrected chi connectivity index (χ4v) is 5.28. The van der Waals surface area contributed by atoms with Gasteiger partial charge in [-0.3, -0.25) is 9.59 Å². The van der Waals surface area contributed by atoms with Crippen molar-refractivity contribution in [1.29, 1.82) is 0 Å². The number of hydrogen-bond donors (Lipinski definition) is 1.